The number of hydrogen-bond acceptors (Lipinski definition) is 3. The van der Waals surface area contributed by atoms with Crippen LogP contribution in [0.4, 0.5) is 0 Å². The maximum absolute atomic E-state index is 11.0. The Morgan fingerprint density at radius 2 is 1.14 bits per heavy atom. The molecule has 1 N–H and O–H groups in total. The van der Waals surface area contributed by atoms with Gasteiger partial charge in [0, 0.05) is 25.2 Å². The molecular weight excluding hydrogens is 444 g/mol. The number of ketones is 2. The molecule has 4 aliphatic carbocycles. The van der Waals surface area contributed by atoms with Gasteiger partial charge in [-0.25, -0.2) is 0 Å². The van der Waals surface area contributed by atoms with Gasteiger partial charge < -0.3 is 5.11 Å². The number of hydrogen-bond donors (Lipinski definition) is 1. The fourth-order valence-electron chi connectivity index (χ4n) is 5.72. The monoisotopic (exact) mass is 508 g/mol. The van der Waals surface area contributed by atoms with Gasteiger partial charge >= 0.3 is 0 Å². The lowest BCUT2D eigenvalue weighted by atomic mass is 9.78. The summed E-state index contributed by atoms with van der Waals surface area (Å²) in [6, 6.07) is 0. The fraction of sp³-hybridized carbons (Fsp3) is 0.939. The molecule has 8 unspecified atom stereocenters. The van der Waals surface area contributed by atoms with E-state index in [4.69, 9.17) is 0 Å². The van der Waals surface area contributed by atoms with Gasteiger partial charge in [0.1, 0.15) is 11.6 Å². The van der Waals surface area contributed by atoms with Gasteiger partial charge in [-0.15, -0.1) is 0 Å². The van der Waals surface area contributed by atoms with Crippen molar-refractivity contribution in [3.05, 3.63) is 0 Å². The number of Topliss-reactive ketones (excluding diaryl/α,β-unsaturated/α-hetero) is 2. The zero-order valence-electron chi connectivity index (χ0n) is 24.7. The van der Waals surface area contributed by atoms with E-state index in [2.05, 4.69) is 41.5 Å². The van der Waals surface area contributed by atoms with Crippen molar-refractivity contribution >= 4 is 11.6 Å². The highest BCUT2D eigenvalue weighted by molar-refractivity contribution is 5.81. The van der Waals surface area contributed by atoms with Gasteiger partial charge in [-0.2, -0.15) is 0 Å². The SMILES string of the molecule is C.CC1CCC(=O)CC1C.CC1CCCC(=O)C1C.CC1CCCCC1(C)O.CC1CCCCC1C. The van der Waals surface area contributed by atoms with Crippen LogP contribution in [0.15, 0.2) is 0 Å². The van der Waals surface area contributed by atoms with Crippen molar-refractivity contribution in [2.75, 3.05) is 0 Å². The van der Waals surface area contributed by atoms with Crippen LogP contribution in [0.1, 0.15) is 153 Å². The average Bonchev–Trinajstić information content (AvgIpc) is 2.80. The van der Waals surface area contributed by atoms with Crippen molar-refractivity contribution in [1.29, 1.82) is 0 Å². The molecule has 0 spiro atoms. The first kappa shape index (κ1) is 35.3. The van der Waals surface area contributed by atoms with Crippen LogP contribution in [-0.2, 0) is 9.59 Å². The van der Waals surface area contributed by atoms with Crippen molar-refractivity contribution in [2.24, 2.45) is 41.4 Å². The largest absolute Gasteiger partial charge is 0.390 e. The van der Waals surface area contributed by atoms with Crippen LogP contribution in [0, 0.1) is 41.4 Å². The lowest BCUT2D eigenvalue weighted by Gasteiger charge is -2.34. The summed E-state index contributed by atoms with van der Waals surface area (Å²) in [5.74, 6) is 5.80. The molecule has 0 heterocycles. The van der Waals surface area contributed by atoms with Gasteiger partial charge in [0.15, 0.2) is 0 Å². The van der Waals surface area contributed by atoms with E-state index in [1.54, 1.807) is 0 Å². The molecule has 0 saturated heterocycles. The highest BCUT2D eigenvalue weighted by Gasteiger charge is 2.30. The summed E-state index contributed by atoms with van der Waals surface area (Å²) in [6.07, 6.45) is 16.5. The first-order valence-corrected chi connectivity index (χ1v) is 15.1. The zero-order valence-corrected chi connectivity index (χ0v) is 24.7. The Morgan fingerprint density at radius 1 is 0.639 bits per heavy atom. The minimum Gasteiger partial charge on any atom is -0.390 e. The smallest absolute Gasteiger partial charge is 0.135 e. The Bertz CT molecular complexity index is 600. The molecule has 0 amide bonds. The van der Waals surface area contributed by atoms with Crippen molar-refractivity contribution in [2.45, 2.75) is 158 Å². The molecule has 0 aromatic rings. The second-order valence-corrected chi connectivity index (χ2v) is 13.1. The van der Waals surface area contributed by atoms with Crippen molar-refractivity contribution in [1.82, 2.24) is 0 Å². The zero-order chi connectivity index (χ0) is 26.6. The maximum Gasteiger partial charge on any atom is 0.135 e. The summed E-state index contributed by atoms with van der Waals surface area (Å²) >= 11 is 0. The molecule has 4 fully saturated rings. The quantitative estimate of drug-likeness (QED) is 0.354. The molecule has 0 aromatic carbocycles. The molecule has 4 saturated carbocycles. The van der Waals surface area contributed by atoms with E-state index in [-0.39, 0.29) is 13.0 Å². The standard InChI is InChI=1S/C8H14O.C8H16O.C8H14O.C8H16.CH4/c1-6-3-4-8(9)5-7(6)2;1-7-5-3-4-6-8(7,2)9;1-6-4-3-5-8(9)7(6)2;1-7-5-3-4-6-8(7)2;/h6-7H,3-5H2,1-2H3;7,9H,3-6H2,1-2H3;6-7H,3-5H2,1-2H3;7-8H,3-6H2,1-2H3;1H4. The third kappa shape index (κ3) is 13.2. The van der Waals surface area contributed by atoms with Gasteiger partial charge in [0.2, 0.25) is 0 Å². The molecule has 36 heavy (non-hydrogen) atoms. The normalized spacial score (nSPS) is 38.5. The molecule has 0 aliphatic heterocycles. The summed E-state index contributed by atoms with van der Waals surface area (Å²) in [5, 5.41) is 9.64. The molecule has 4 aliphatic rings. The topological polar surface area (TPSA) is 54.4 Å². The van der Waals surface area contributed by atoms with Crippen LogP contribution in [-0.4, -0.2) is 22.3 Å². The Hall–Kier alpha value is -0.700. The maximum atomic E-state index is 11.0. The minimum atomic E-state index is -0.363. The Balaban J connectivity index is 0.000000450. The van der Waals surface area contributed by atoms with Crippen LogP contribution in [0.5, 0.6) is 0 Å². The lowest BCUT2D eigenvalue weighted by Crippen LogP contribution is -2.35. The van der Waals surface area contributed by atoms with Crippen molar-refractivity contribution < 1.29 is 14.7 Å². The number of carbonyl (C=O) groups is 2. The summed E-state index contributed by atoms with van der Waals surface area (Å²) in [6.45, 7) is 17.5. The molecule has 0 radical (unpaired) electrons. The Labute approximate surface area is 226 Å². The van der Waals surface area contributed by atoms with E-state index >= 15 is 0 Å². The minimum absolute atomic E-state index is 0. The van der Waals surface area contributed by atoms with Crippen molar-refractivity contribution in [3.63, 3.8) is 0 Å². The summed E-state index contributed by atoms with van der Waals surface area (Å²) in [7, 11) is 0. The molecule has 0 aromatic heterocycles. The van der Waals surface area contributed by atoms with Crippen LogP contribution in [0.3, 0.4) is 0 Å². The van der Waals surface area contributed by atoms with E-state index in [0.717, 1.165) is 56.3 Å². The van der Waals surface area contributed by atoms with E-state index in [9.17, 15) is 14.7 Å². The van der Waals surface area contributed by atoms with Gasteiger partial charge in [0.05, 0.1) is 5.60 Å². The van der Waals surface area contributed by atoms with Gasteiger partial charge in [-0.1, -0.05) is 94.4 Å². The Morgan fingerprint density at radius 3 is 1.50 bits per heavy atom. The molecule has 8 atom stereocenters. The van der Waals surface area contributed by atoms with Crippen LogP contribution in [0.25, 0.3) is 0 Å². The molecule has 3 nitrogen and oxygen atoms in total. The van der Waals surface area contributed by atoms with E-state index in [0.29, 0.717) is 35.2 Å². The second-order valence-electron chi connectivity index (χ2n) is 13.1. The van der Waals surface area contributed by atoms with Crippen molar-refractivity contribution in [3.8, 4) is 0 Å². The summed E-state index contributed by atoms with van der Waals surface area (Å²) in [4.78, 5) is 21.8. The van der Waals surface area contributed by atoms with Crippen LogP contribution >= 0.6 is 0 Å². The van der Waals surface area contributed by atoms with Gasteiger partial charge in [0.25, 0.3) is 0 Å². The third-order valence-corrected chi connectivity index (χ3v) is 10.0. The molecule has 0 bridgehead atoms. The lowest BCUT2D eigenvalue weighted by molar-refractivity contribution is -0.125. The van der Waals surface area contributed by atoms with Gasteiger partial charge in [-0.3, -0.25) is 9.59 Å². The third-order valence-electron chi connectivity index (χ3n) is 10.0. The molecule has 214 valence electrons. The highest BCUT2D eigenvalue weighted by Crippen LogP contribution is 2.32. The first-order valence-electron chi connectivity index (χ1n) is 15.1. The van der Waals surface area contributed by atoms with Crippen LogP contribution in [0.2, 0.25) is 0 Å². The van der Waals surface area contributed by atoms with Gasteiger partial charge in [-0.05, 0) is 74.5 Å². The number of rotatable bonds is 0. The second kappa shape index (κ2) is 17.7. The molecule has 4 rings (SSSR count). The highest BCUT2D eigenvalue weighted by atomic mass is 16.3. The first-order chi connectivity index (χ1) is 16.3. The van der Waals surface area contributed by atoms with Crippen LogP contribution < -0.4 is 0 Å². The fourth-order valence-corrected chi connectivity index (χ4v) is 5.72. The van der Waals surface area contributed by atoms with E-state index in [1.807, 2.05) is 13.8 Å². The number of aliphatic hydroxyl groups is 1. The number of carbonyl (C=O) groups excluding carboxylic acids is 2. The van der Waals surface area contributed by atoms with E-state index in [1.165, 1.54) is 51.4 Å². The molecule has 3 heteroatoms. The Kier molecular flexibility index (Phi) is 17.4. The average molecular weight is 509 g/mol. The predicted octanol–water partition coefficient (Wildman–Crippen LogP) is 9.44. The predicted molar refractivity (Wildman–Crippen MR) is 156 cm³/mol. The van der Waals surface area contributed by atoms with E-state index < -0.39 is 0 Å². The summed E-state index contributed by atoms with van der Waals surface area (Å²) < 4.78 is 0. The molecular formula is C33H64O3. The summed E-state index contributed by atoms with van der Waals surface area (Å²) in [5.41, 5.74) is -0.363.